The summed E-state index contributed by atoms with van der Waals surface area (Å²) in [6, 6.07) is 13.9. The molecule has 0 N–H and O–H groups in total. The van der Waals surface area contributed by atoms with Crippen molar-refractivity contribution in [2.45, 2.75) is 12.8 Å². The van der Waals surface area contributed by atoms with E-state index in [1.165, 1.54) is 17.4 Å². The van der Waals surface area contributed by atoms with Gasteiger partial charge in [0.25, 0.3) is 0 Å². The smallest absolute Gasteiger partial charge is 0.872 e. The summed E-state index contributed by atoms with van der Waals surface area (Å²) < 4.78 is 0. The van der Waals surface area contributed by atoms with E-state index in [0.717, 1.165) is 29.5 Å². The van der Waals surface area contributed by atoms with Crippen LogP contribution in [0.4, 0.5) is 0 Å². The largest absolute Gasteiger partial charge is 2.00 e. The monoisotopic (exact) mass is 420 g/mol. The average Bonchev–Trinajstić information content (AvgIpc) is 3.46. The van der Waals surface area contributed by atoms with Crippen LogP contribution in [0.15, 0.2) is 54.1 Å². The van der Waals surface area contributed by atoms with Gasteiger partial charge in [-0.05, 0) is 86.8 Å². The molecule has 144 valence electrons. The molecule has 0 unspecified atom stereocenters. The Kier molecular flexibility index (Phi) is 7.86. The van der Waals surface area contributed by atoms with Gasteiger partial charge in [0.1, 0.15) is 0 Å². The molecular weight excluding hydrogens is 400 g/mol. The van der Waals surface area contributed by atoms with Crippen LogP contribution in [0, 0.1) is 63.2 Å². The minimum atomic E-state index is 0. The summed E-state index contributed by atoms with van der Waals surface area (Å²) in [7, 11) is 0. The van der Waals surface area contributed by atoms with E-state index >= 15 is 0 Å². The van der Waals surface area contributed by atoms with Crippen LogP contribution in [0.5, 0.6) is 11.5 Å². The second-order valence-corrected chi connectivity index (χ2v) is 6.83. The molecule has 10 radical (unpaired) electrons. The van der Waals surface area contributed by atoms with Crippen molar-refractivity contribution in [3.63, 3.8) is 0 Å². The first kappa shape index (κ1) is 22.0. The van der Waals surface area contributed by atoms with Crippen LogP contribution in [0.2, 0.25) is 0 Å². The molecule has 2 aromatic carbocycles. The molecule has 3 saturated carbocycles. The number of hydrogen-bond acceptors (Lipinski definition) is 2. The van der Waals surface area contributed by atoms with Crippen LogP contribution >= 0.6 is 0 Å². The maximum absolute atomic E-state index is 11.4. The molecule has 2 aromatic rings. The third kappa shape index (κ3) is 5.27. The number of hydrogen-bond donors (Lipinski definition) is 0. The van der Waals surface area contributed by atoms with E-state index in [1.54, 1.807) is 24.3 Å². The van der Waals surface area contributed by atoms with Crippen molar-refractivity contribution in [2.75, 3.05) is 0 Å². The van der Waals surface area contributed by atoms with Gasteiger partial charge in [0.05, 0.1) is 0 Å². The normalized spacial score (nSPS) is 18.7. The molecule has 0 atom stereocenters. The number of benzene rings is 2. The van der Waals surface area contributed by atoms with Gasteiger partial charge in [-0.3, -0.25) is 0 Å². The molecule has 0 heterocycles. The Morgan fingerprint density at radius 1 is 0.586 bits per heavy atom. The van der Waals surface area contributed by atoms with Gasteiger partial charge < -0.3 is 10.2 Å². The van der Waals surface area contributed by atoms with Crippen LogP contribution in [-0.2, 0) is 17.1 Å². The molecule has 0 aromatic heterocycles. The summed E-state index contributed by atoms with van der Waals surface area (Å²) in [6.07, 6.45) is 18.4. The zero-order chi connectivity index (χ0) is 19.3. The SMILES string of the molecule is [CH]1[CH][CH][CH][CH]1.[Fe+2].[O-]c1ccc(C(=C2CC[C]3[CH][CH][CH][C]32)c2ccc([O-])cc2)cc1. The third-order valence-corrected chi connectivity index (χ3v) is 5.02. The molecule has 3 aliphatic carbocycles. The van der Waals surface area contributed by atoms with E-state index in [4.69, 9.17) is 0 Å². The summed E-state index contributed by atoms with van der Waals surface area (Å²) in [6.45, 7) is 0. The Hall–Kier alpha value is -1.70. The van der Waals surface area contributed by atoms with Crippen molar-refractivity contribution in [3.05, 3.63) is 128 Å². The van der Waals surface area contributed by atoms with Gasteiger partial charge in [-0.1, -0.05) is 54.1 Å². The van der Waals surface area contributed by atoms with Crippen LogP contribution in [-0.4, -0.2) is 0 Å². The second kappa shape index (κ2) is 10.4. The predicted molar refractivity (Wildman–Crippen MR) is 108 cm³/mol. The Bertz CT molecular complexity index is 748. The Balaban J connectivity index is 0.000000352. The minimum absolute atomic E-state index is 0. The first-order chi connectivity index (χ1) is 13.7. The molecule has 0 aliphatic heterocycles. The summed E-state index contributed by atoms with van der Waals surface area (Å²) in [5.74, 6) is 2.68. The van der Waals surface area contributed by atoms with Gasteiger partial charge >= 0.3 is 17.1 Å². The topological polar surface area (TPSA) is 46.1 Å². The Morgan fingerprint density at radius 3 is 1.55 bits per heavy atom. The minimum Gasteiger partial charge on any atom is -0.872 e. The zero-order valence-electron chi connectivity index (χ0n) is 15.8. The quantitative estimate of drug-likeness (QED) is 0.683. The molecule has 0 bridgehead atoms. The van der Waals surface area contributed by atoms with Crippen molar-refractivity contribution in [3.8, 4) is 11.5 Å². The third-order valence-electron chi connectivity index (χ3n) is 5.02. The molecule has 3 fully saturated rings. The van der Waals surface area contributed by atoms with E-state index in [2.05, 4.69) is 19.3 Å². The van der Waals surface area contributed by atoms with E-state index in [9.17, 15) is 10.2 Å². The van der Waals surface area contributed by atoms with E-state index in [1.807, 2.05) is 56.4 Å². The zero-order valence-corrected chi connectivity index (χ0v) is 16.9. The van der Waals surface area contributed by atoms with E-state index in [-0.39, 0.29) is 28.6 Å². The molecule has 3 heteroatoms. The Labute approximate surface area is 185 Å². The first-order valence-corrected chi connectivity index (χ1v) is 9.42. The van der Waals surface area contributed by atoms with Crippen LogP contribution in [0.3, 0.4) is 0 Å². The molecule has 29 heavy (non-hydrogen) atoms. The van der Waals surface area contributed by atoms with Crippen molar-refractivity contribution in [1.82, 2.24) is 0 Å². The van der Waals surface area contributed by atoms with Gasteiger partial charge in [0.2, 0.25) is 0 Å². The number of allylic oxidation sites excluding steroid dienone is 1. The van der Waals surface area contributed by atoms with Gasteiger partial charge in [0.15, 0.2) is 0 Å². The molecule has 0 saturated heterocycles. The average molecular weight is 420 g/mol. The summed E-state index contributed by atoms with van der Waals surface area (Å²) in [5.41, 5.74) is 4.46. The maximum atomic E-state index is 11.4. The number of rotatable bonds is 2. The second-order valence-electron chi connectivity index (χ2n) is 6.83. The molecule has 0 spiro atoms. The van der Waals surface area contributed by atoms with Crippen molar-refractivity contribution in [1.29, 1.82) is 0 Å². The molecule has 0 amide bonds. The van der Waals surface area contributed by atoms with Crippen LogP contribution in [0.25, 0.3) is 5.57 Å². The first-order valence-electron chi connectivity index (χ1n) is 9.42. The molecule has 3 aliphatic rings. The van der Waals surface area contributed by atoms with E-state index in [0.29, 0.717) is 0 Å². The summed E-state index contributed by atoms with van der Waals surface area (Å²) in [4.78, 5) is 0. The van der Waals surface area contributed by atoms with Gasteiger partial charge in [-0.2, -0.15) is 0 Å². The Morgan fingerprint density at radius 2 is 1.07 bits per heavy atom. The molecule has 2 nitrogen and oxygen atoms in total. The fourth-order valence-corrected chi connectivity index (χ4v) is 3.70. The fourth-order valence-electron chi connectivity index (χ4n) is 3.70. The van der Waals surface area contributed by atoms with E-state index < -0.39 is 0 Å². The fraction of sp³-hybridized carbons (Fsp3) is 0.0769. The van der Waals surface area contributed by atoms with Crippen LogP contribution in [0.1, 0.15) is 24.0 Å². The van der Waals surface area contributed by atoms with Gasteiger partial charge in [0, 0.05) is 5.92 Å². The standard InChI is InChI=1S/C21H17O2.C5H5.Fe/c22-17-9-4-15(5-10-17)21(16-6-11-18(23)12-7-16)20-13-8-14-2-1-3-19(14)20;1-2-4-5-3-1;/h1-7,9-12,22-23H,8,13H2;1-5H;/q;;+2/p-2. The predicted octanol–water partition coefficient (Wildman–Crippen LogP) is 4.22. The van der Waals surface area contributed by atoms with Gasteiger partial charge in [-0.25, -0.2) is 0 Å². The van der Waals surface area contributed by atoms with Crippen molar-refractivity contribution < 1.29 is 27.3 Å². The summed E-state index contributed by atoms with van der Waals surface area (Å²) in [5, 5.41) is 22.9. The van der Waals surface area contributed by atoms with Crippen LogP contribution < -0.4 is 10.2 Å². The maximum Gasteiger partial charge on any atom is 2.00 e. The van der Waals surface area contributed by atoms with Crippen molar-refractivity contribution in [2.24, 2.45) is 0 Å². The van der Waals surface area contributed by atoms with Gasteiger partial charge in [-0.15, -0.1) is 11.5 Å². The molecular formula is C26H20FeO2. The van der Waals surface area contributed by atoms with Crippen molar-refractivity contribution >= 4 is 5.57 Å². The summed E-state index contributed by atoms with van der Waals surface area (Å²) >= 11 is 0. The number of fused-ring (bicyclic) bond motifs is 1. The molecule has 5 rings (SSSR count).